The Morgan fingerprint density at radius 3 is 2.10 bits per heavy atom. The maximum atomic E-state index is 3.77. The fraction of sp³-hybridized carbons (Fsp3) is 0.684. The molecule has 0 aromatic rings. The van der Waals surface area contributed by atoms with Gasteiger partial charge in [0.05, 0.1) is 0 Å². The molecule has 1 heterocycles. The summed E-state index contributed by atoms with van der Waals surface area (Å²) in [4.78, 5) is 2.49. The lowest BCUT2D eigenvalue weighted by Gasteiger charge is -2.17. The summed E-state index contributed by atoms with van der Waals surface area (Å²) in [7, 11) is 2.24. The monoisotopic (exact) mass is 279 g/mol. The molecule has 20 heavy (non-hydrogen) atoms. The number of rotatable bonds is 4. The average molecular weight is 280 g/mol. The van der Waals surface area contributed by atoms with Crippen LogP contribution < -0.4 is 0 Å². The van der Waals surface area contributed by atoms with E-state index in [0.717, 1.165) is 18.0 Å². The van der Waals surface area contributed by atoms with Crippen LogP contribution >= 0.6 is 0 Å². The van der Waals surface area contributed by atoms with Gasteiger partial charge in [0.1, 0.15) is 0 Å². The molecule has 1 aliphatic rings. The van der Waals surface area contributed by atoms with Crippen molar-refractivity contribution < 1.29 is 0 Å². The van der Waals surface area contributed by atoms with Crippen molar-refractivity contribution in [3.05, 3.63) is 36.5 Å². The highest BCUT2D eigenvalue weighted by molar-refractivity contribution is 5.16. The van der Waals surface area contributed by atoms with Crippen molar-refractivity contribution in [2.45, 2.75) is 72.8 Å². The average Bonchev–Trinajstić information content (AvgIpc) is 2.77. The largest absolute Gasteiger partial charge is 0.303 e. The summed E-state index contributed by atoms with van der Waals surface area (Å²) >= 11 is 0. The third-order valence-electron chi connectivity index (χ3n) is 3.34. The lowest BCUT2D eigenvalue weighted by Crippen LogP contribution is -2.24. The Labute approximate surface area is 128 Å². The molecule has 0 amide bonds. The fourth-order valence-corrected chi connectivity index (χ4v) is 2.20. The third-order valence-corrected chi connectivity index (χ3v) is 3.34. The molecule has 1 atom stereocenters. The lowest BCUT2D eigenvalue weighted by molar-refractivity contribution is 0.295. The molecule has 0 saturated carbocycles. The highest BCUT2D eigenvalue weighted by atomic mass is 15.1. The minimum atomic E-state index is 0.912. The third kappa shape index (κ3) is 13.6. The van der Waals surface area contributed by atoms with Crippen molar-refractivity contribution in [2.24, 2.45) is 0 Å². The SMILES string of the molecule is C=C(C)/C=C(\C)CC.C=CC.CCCC1CCCN1C. The van der Waals surface area contributed by atoms with Crippen molar-refractivity contribution >= 4 is 0 Å². The molecule has 0 aromatic heterocycles. The van der Waals surface area contributed by atoms with Gasteiger partial charge in [0.25, 0.3) is 0 Å². The molecule has 0 aliphatic carbocycles. The minimum absolute atomic E-state index is 0.912. The van der Waals surface area contributed by atoms with Crippen LogP contribution in [-0.4, -0.2) is 24.5 Å². The van der Waals surface area contributed by atoms with Gasteiger partial charge in [-0.25, -0.2) is 0 Å². The highest BCUT2D eigenvalue weighted by Crippen LogP contribution is 2.18. The van der Waals surface area contributed by atoms with Crippen LogP contribution in [-0.2, 0) is 0 Å². The summed E-state index contributed by atoms with van der Waals surface area (Å²) in [6.45, 7) is 18.9. The summed E-state index contributed by atoms with van der Waals surface area (Å²) in [5.74, 6) is 0. The van der Waals surface area contributed by atoms with Crippen LogP contribution in [0.25, 0.3) is 0 Å². The smallest absolute Gasteiger partial charge is 0.00925 e. The van der Waals surface area contributed by atoms with E-state index < -0.39 is 0 Å². The van der Waals surface area contributed by atoms with E-state index in [0.29, 0.717) is 0 Å². The van der Waals surface area contributed by atoms with Crippen LogP contribution in [0.2, 0.25) is 0 Å². The zero-order valence-electron chi connectivity index (χ0n) is 14.8. The topological polar surface area (TPSA) is 3.24 Å². The first-order valence-electron chi connectivity index (χ1n) is 8.02. The molecular formula is C19H37N. The Morgan fingerprint density at radius 1 is 1.30 bits per heavy atom. The summed E-state index contributed by atoms with van der Waals surface area (Å²) in [6.07, 6.45) is 10.6. The lowest BCUT2D eigenvalue weighted by atomic mass is 10.1. The molecule has 0 aromatic carbocycles. The van der Waals surface area contributed by atoms with Crippen molar-refractivity contribution in [2.75, 3.05) is 13.6 Å². The molecule has 1 saturated heterocycles. The van der Waals surface area contributed by atoms with E-state index in [9.17, 15) is 0 Å². The van der Waals surface area contributed by atoms with Crippen molar-refractivity contribution in [1.82, 2.24) is 4.90 Å². The molecule has 1 heteroatoms. The van der Waals surface area contributed by atoms with Gasteiger partial charge in [0.2, 0.25) is 0 Å². The van der Waals surface area contributed by atoms with Gasteiger partial charge in [0, 0.05) is 6.04 Å². The second-order valence-corrected chi connectivity index (χ2v) is 5.66. The maximum Gasteiger partial charge on any atom is 0.00925 e. The van der Waals surface area contributed by atoms with Gasteiger partial charge >= 0.3 is 0 Å². The summed E-state index contributed by atoms with van der Waals surface area (Å²) in [6, 6.07) is 0.912. The van der Waals surface area contributed by atoms with Crippen LogP contribution in [0, 0.1) is 0 Å². The number of nitrogens with zero attached hydrogens (tertiary/aromatic N) is 1. The number of allylic oxidation sites excluding steroid dienone is 4. The van der Waals surface area contributed by atoms with E-state index in [1.165, 1.54) is 37.8 Å². The standard InChI is InChI=1S/C8H17N.C8H14.C3H6/c1-3-5-8-6-4-7-9(8)2;1-5-8(4)6-7(2)3;1-3-2/h8H,3-7H2,1-2H3;6H,2,5H2,1,3-4H3;3H,1H2,2H3/b;8-6+;. The molecule has 0 spiro atoms. The number of likely N-dealkylation sites (tertiary alicyclic amines) is 1. The molecule has 1 unspecified atom stereocenters. The summed E-state index contributed by atoms with van der Waals surface area (Å²) < 4.78 is 0. The molecule has 1 fully saturated rings. The van der Waals surface area contributed by atoms with Gasteiger partial charge in [-0.15, -0.1) is 6.58 Å². The maximum absolute atomic E-state index is 3.77. The van der Waals surface area contributed by atoms with E-state index in [-0.39, 0.29) is 0 Å². The Balaban J connectivity index is 0. The first-order chi connectivity index (χ1) is 9.42. The van der Waals surface area contributed by atoms with E-state index in [2.05, 4.69) is 52.0 Å². The number of hydrogen-bond donors (Lipinski definition) is 0. The minimum Gasteiger partial charge on any atom is -0.303 e. The Kier molecular flexibility index (Phi) is 15.7. The van der Waals surface area contributed by atoms with Gasteiger partial charge in [0.15, 0.2) is 0 Å². The molecule has 118 valence electrons. The molecule has 1 rings (SSSR count). The van der Waals surface area contributed by atoms with E-state index >= 15 is 0 Å². The number of hydrogen-bond acceptors (Lipinski definition) is 1. The van der Waals surface area contributed by atoms with Gasteiger partial charge in [-0.05, 0) is 60.0 Å². The van der Waals surface area contributed by atoms with E-state index in [4.69, 9.17) is 0 Å². The van der Waals surface area contributed by atoms with E-state index in [1.807, 2.05) is 13.8 Å². The van der Waals surface area contributed by atoms with Gasteiger partial charge < -0.3 is 4.90 Å². The van der Waals surface area contributed by atoms with Crippen LogP contribution in [0.3, 0.4) is 0 Å². The first kappa shape index (κ1) is 21.5. The van der Waals surface area contributed by atoms with Crippen LogP contribution in [0.15, 0.2) is 36.5 Å². The van der Waals surface area contributed by atoms with Gasteiger partial charge in [-0.3, -0.25) is 0 Å². The van der Waals surface area contributed by atoms with Crippen molar-refractivity contribution in [3.63, 3.8) is 0 Å². The summed E-state index contributed by atoms with van der Waals surface area (Å²) in [5.41, 5.74) is 2.54. The predicted molar refractivity (Wildman–Crippen MR) is 95.3 cm³/mol. The zero-order chi connectivity index (χ0) is 16.0. The van der Waals surface area contributed by atoms with Crippen molar-refractivity contribution in [3.8, 4) is 0 Å². The van der Waals surface area contributed by atoms with Crippen molar-refractivity contribution in [1.29, 1.82) is 0 Å². The molecule has 0 N–H and O–H groups in total. The molecule has 1 nitrogen and oxygen atoms in total. The second kappa shape index (κ2) is 14.6. The molecule has 0 bridgehead atoms. The molecule has 0 radical (unpaired) electrons. The normalized spacial score (nSPS) is 18.5. The quantitative estimate of drug-likeness (QED) is 0.451. The summed E-state index contributed by atoms with van der Waals surface area (Å²) in [5, 5.41) is 0. The Bertz CT molecular complexity index is 275. The van der Waals surface area contributed by atoms with Crippen LogP contribution in [0.4, 0.5) is 0 Å². The van der Waals surface area contributed by atoms with Crippen LogP contribution in [0.1, 0.15) is 66.7 Å². The Morgan fingerprint density at radius 2 is 1.85 bits per heavy atom. The molecule has 1 aliphatic heterocycles. The fourth-order valence-electron chi connectivity index (χ4n) is 2.20. The predicted octanol–water partition coefficient (Wildman–Crippen LogP) is 5.99. The highest BCUT2D eigenvalue weighted by Gasteiger charge is 2.18. The van der Waals surface area contributed by atoms with Crippen LogP contribution in [0.5, 0.6) is 0 Å². The Hall–Kier alpha value is -0.820. The first-order valence-corrected chi connectivity index (χ1v) is 8.02. The van der Waals surface area contributed by atoms with E-state index in [1.54, 1.807) is 6.08 Å². The molecular weight excluding hydrogens is 242 g/mol. The zero-order valence-corrected chi connectivity index (χ0v) is 14.8. The van der Waals surface area contributed by atoms with Gasteiger partial charge in [-0.1, -0.05) is 50.1 Å². The van der Waals surface area contributed by atoms with Gasteiger partial charge in [-0.2, -0.15) is 0 Å². The second-order valence-electron chi connectivity index (χ2n) is 5.66.